The van der Waals surface area contributed by atoms with E-state index < -0.39 is 6.10 Å². The predicted octanol–water partition coefficient (Wildman–Crippen LogP) is 3.83. The molecule has 19 heavy (non-hydrogen) atoms. The number of hydrogen-bond acceptors (Lipinski definition) is 3. The van der Waals surface area contributed by atoms with E-state index >= 15 is 0 Å². The zero-order chi connectivity index (χ0) is 13.4. The third-order valence-electron chi connectivity index (χ3n) is 3.14. The second-order valence-electron chi connectivity index (χ2n) is 4.47. The lowest BCUT2D eigenvalue weighted by Crippen LogP contribution is -2.00. The van der Waals surface area contributed by atoms with Crippen LogP contribution < -0.4 is 0 Å². The molecular weight excluding hydrogens is 261 g/mol. The Hall–Kier alpha value is -1.78. The summed E-state index contributed by atoms with van der Waals surface area (Å²) in [5, 5.41) is 11.4. The van der Waals surface area contributed by atoms with Gasteiger partial charge in [0.15, 0.2) is 0 Å². The van der Waals surface area contributed by atoms with Gasteiger partial charge in [-0.3, -0.25) is 4.98 Å². The van der Waals surface area contributed by atoms with E-state index in [4.69, 9.17) is 0 Å². The Balaban J connectivity index is 2.07. The Morgan fingerprint density at radius 2 is 2.11 bits per heavy atom. The molecule has 0 bridgehead atoms. The Labute approximate surface area is 114 Å². The first kappa shape index (κ1) is 12.3. The Morgan fingerprint density at radius 1 is 1.26 bits per heavy atom. The van der Waals surface area contributed by atoms with Gasteiger partial charge in [0.1, 0.15) is 11.9 Å². The van der Waals surface area contributed by atoms with Crippen molar-refractivity contribution in [2.24, 2.45) is 0 Å². The van der Waals surface area contributed by atoms with E-state index in [0.717, 1.165) is 26.1 Å². The van der Waals surface area contributed by atoms with Crippen LogP contribution >= 0.6 is 11.3 Å². The summed E-state index contributed by atoms with van der Waals surface area (Å²) in [6.45, 7) is 1.94. The van der Waals surface area contributed by atoms with E-state index in [1.54, 1.807) is 18.5 Å². The fraction of sp³-hybridized carbons (Fsp3) is 0.133. The van der Waals surface area contributed by atoms with Gasteiger partial charge in [0.05, 0.1) is 0 Å². The zero-order valence-electron chi connectivity index (χ0n) is 10.3. The van der Waals surface area contributed by atoms with Crippen LogP contribution in [0.1, 0.15) is 22.1 Å². The van der Waals surface area contributed by atoms with Gasteiger partial charge in [-0.25, -0.2) is 4.39 Å². The van der Waals surface area contributed by atoms with E-state index in [1.165, 1.54) is 23.5 Å². The fourth-order valence-corrected chi connectivity index (χ4v) is 3.17. The second-order valence-corrected chi connectivity index (χ2v) is 5.58. The minimum Gasteiger partial charge on any atom is -0.383 e. The molecule has 4 heteroatoms. The third kappa shape index (κ3) is 2.25. The number of fused-ring (bicyclic) bond motifs is 1. The molecule has 0 saturated carbocycles. The lowest BCUT2D eigenvalue weighted by Gasteiger charge is -2.10. The van der Waals surface area contributed by atoms with Crippen LogP contribution in [0, 0.1) is 12.7 Å². The highest BCUT2D eigenvalue weighted by Gasteiger charge is 2.16. The molecule has 2 nitrogen and oxygen atoms in total. The first-order valence-electron chi connectivity index (χ1n) is 5.93. The summed E-state index contributed by atoms with van der Waals surface area (Å²) in [5.74, 6) is -0.257. The quantitative estimate of drug-likeness (QED) is 0.770. The molecule has 1 aromatic carbocycles. The monoisotopic (exact) mass is 273 g/mol. The highest BCUT2D eigenvalue weighted by atomic mass is 32.1. The van der Waals surface area contributed by atoms with E-state index in [0.29, 0.717) is 0 Å². The fourth-order valence-electron chi connectivity index (χ4n) is 2.08. The molecule has 0 fully saturated rings. The van der Waals surface area contributed by atoms with Crippen molar-refractivity contribution in [2.45, 2.75) is 13.0 Å². The Kier molecular flexibility index (Phi) is 3.05. The number of thiophene rings is 1. The number of halogens is 1. The maximum atomic E-state index is 13.2. The van der Waals surface area contributed by atoms with Gasteiger partial charge in [-0.05, 0) is 42.1 Å². The van der Waals surface area contributed by atoms with Gasteiger partial charge in [-0.1, -0.05) is 6.07 Å². The average molecular weight is 273 g/mol. The summed E-state index contributed by atoms with van der Waals surface area (Å²) < 4.78 is 14.0. The van der Waals surface area contributed by atoms with Gasteiger partial charge in [-0.15, -0.1) is 11.3 Å². The molecule has 0 spiro atoms. The lowest BCUT2D eigenvalue weighted by molar-refractivity contribution is 0.223. The van der Waals surface area contributed by atoms with Crippen LogP contribution in [0.5, 0.6) is 0 Å². The molecule has 0 amide bonds. The van der Waals surface area contributed by atoms with Crippen LogP contribution in [0.15, 0.2) is 42.7 Å². The van der Waals surface area contributed by atoms with Crippen molar-refractivity contribution in [1.82, 2.24) is 4.98 Å². The largest absolute Gasteiger partial charge is 0.383 e. The first-order chi connectivity index (χ1) is 9.15. The number of aliphatic hydroxyl groups is 1. The third-order valence-corrected chi connectivity index (χ3v) is 4.30. The topological polar surface area (TPSA) is 33.1 Å². The molecule has 0 aliphatic rings. The summed E-state index contributed by atoms with van der Waals surface area (Å²) in [7, 11) is 0. The summed E-state index contributed by atoms with van der Waals surface area (Å²) >= 11 is 1.41. The first-order valence-corrected chi connectivity index (χ1v) is 6.74. The molecule has 96 valence electrons. The number of rotatable bonds is 2. The normalized spacial score (nSPS) is 12.8. The lowest BCUT2D eigenvalue weighted by atomic mass is 10.1. The van der Waals surface area contributed by atoms with Crippen LogP contribution in [-0.4, -0.2) is 10.1 Å². The van der Waals surface area contributed by atoms with Crippen LogP contribution in [0.3, 0.4) is 0 Å². The molecule has 1 atom stereocenters. The minimum absolute atomic E-state index is 0.257. The number of hydrogen-bond donors (Lipinski definition) is 1. The standard InChI is InChI=1S/C15H12FNOS/c1-9-4-5-17-8-12(9)15(18)14-6-10-2-3-11(16)7-13(10)19-14/h2-8,15,18H,1H3. The molecule has 3 rings (SSSR count). The van der Waals surface area contributed by atoms with Gasteiger partial charge in [-0.2, -0.15) is 0 Å². The highest BCUT2D eigenvalue weighted by molar-refractivity contribution is 7.19. The molecule has 1 unspecified atom stereocenters. The van der Waals surface area contributed by atoms with Gasteiger partial charge in [0, 0.05) is 27.5 Å². The summed E-state index contributed by atoms with van der Waals surface area (Å²) in [6.07, 6.45) is 2.66. The van der Waals surface area contributed by atoms with Crippen molar-refractivity contribution in [2.75, 3.05) is 0 Å². The van der Waals surface area contributed by atoms with E-state index in [1.807, 2.05) is 19.1 Å². The SMILES string of the molecule is Cc1ccncc1C(O)c1cc2ccc(F)cc2s1. The van der Waals surface area contributed by atoms with Crippen molar-refractivity contribution < 1.29 is 9.50 Å². The summed E-state index contributed by atoms with van der Waals surface area (Å²) in [4.78, 5) is 4.85. The predicted molar refractivity (Wildman–Crippen MR) is 74.8 cm³/mol. The summed E-state index contributed by atoms with van der Waals surface area (Å²) in [5.41, 5.74) is 1.78. The molecule has 2 aromatic heterocycles. The number of nitrogens with zero attached hydrogens (tertiary/aromatic N) is 1. The van der Waals surface area contributed by atoms with Crippen LogP contribution in [0.25, 0.3) is 10.1 Å². The van der Waals surface area contributed by atoms with Gasteiger partial charge >= 0.3 is 0 Å². The zero-order valence-corrected chi connectivity index (χ0v) is 11.1. The smallest absolute Gasteiger partial charge is 0.124 e. The Bertz CT molecular complexity index is 738. The van der Waals surface area contributed by atoms with Crippen molar-refractivity contribution in [3.05, 3.63) is 64.5 Å². The van der Waals surface area contributed by atoms with Crippen LogP contribution in [0.2, 0.25) is 0 Å². The molecular formula is C15H12FNOS. The average Bonchev–Trinajstić information content (AvgIpc) is 2.81. The molecule has 0 saturated heterocycles. The van der Waals surface area contributed by atoms with Gasteiger partial charge in [0.25, 0.3) is 0 Å². The maximum Gasteiger partial charge on any atom is 0.124 e. The van der Waals surface area contributed by atoms with E-state index in [-0.39, 0.29) is 5.82 Å². The maximum absolute atomic E-state index is 13.2. The van der Waals surface area contributed by atoms with Crippen LogP contribution in [-0.2, 0) is 0 Å². The van der Waals surface area contributed by atoms with E-state index in [9.17, 15) is 9.50 Å². The molecule has 1 N–H and O–H groups in total. The minimum atomic E-state index is -0.714. The van der Waals surface area contributed by atoms with Crippen molar-refractivity contribution >= 4 is 21.4 Å². The molecule has 0 aliphatic carbocycles. The second kappa shape index (κ2) is 4.72. The van der Waals surface area contributed by atoms with Crippen molar-refractivity contribution in [3.8, 4) is 0 Å². The number of aliphatic hydroxyl groups excluding tert-OH is 1. The number of aryl methyl sites for hydroxylation is 1. The van der Waals surface area contributed by atoms with Gasteiger partial charge in [0.2, 0.25) is 0 Å². The number of pyridine rings is 1. The van der Waals surface area contributed by atoms with Gasteiger partial charge < -0.3 is 5.11 Å². The Morgan fingerprint density at radius 3 is 2.89 bits per heavy atom. The summed E-state index contributed by atoms with van der Waals surface area (Å²) in [6, 6.07) is 8.42. The molecule has 2 heterocycles. The molecule has 0 radical (unpaired) electrons. The highest BCUT2D eigenvalue weighted by Crippen LogP contribution is 2.34. The van der Waals surface area contributed by atoms with Crippen LogP contribution in [0.4, 0.5) is 4.39 Å². The molecule has 3 aromatic rings. The van der Waals surface area contributed by atoms with E-state index in [2.05, 4.69) is 4.98 Å². The van der Waals surface area contributed by atoms with Crippen molar-refractivity contribution in [3.63, 3.8) is 0 Å². The van der Waals surface area contributed by atoms with Crippen molar-refractivity contribution in [1.29, 1.82) is 0 Å². The number of benzene rings is 1. The molecule has 0 aliphatic heterocycles. The number of aromatic nitrogens is 1.